The predicted molar refractivity (Wildman–Crippen MR) is 121 cm³/mol. The molecule has 11 heteroatoms. The van der Waals surface area contributed by atoms with Crippen LogP contribution in [0.3, 0.4) is 0 Å². The third-order valence-corrected chi connectivity index (χ3v) is 8.37. The van der Waals surface area contributed by atoms with Crippen molar-refractivity contribution >= 4 is 27.6 Å². The predicted octanol–water partition coefficient (Wildman–Crippen LogP) is 3.58. The van der Waals surface area contributed by atoms with E-state index >= 15 is 0 Å². The highest BCUT2D eigenvalue weighted by Gasteiger charge is 2.36. The van der Waals surface area contributed by atoms with Crippen LogP contribution in [-0.2, 0) is 26.2 Å². The van der Waals surface area contributed by atoms with E-state index in [9.17, 15) is 13.2 Å². The van der Waals surface area contributed by atoms with E-state index in [0.717, 1.165) is 5.69 Å². The lowest BCUT2D eigenvalue weighted by Crippen LogP contribution is -2.40. The van der Waals surface area contributed by atoms with Crippen molar-refractivity contribution in [1.82, 2.24) is 19.2 Å². The normalized spacial score (nSPS) is 15.6. The van der Waals surface area contributed by atoms with Crippen LogP contribution in [0.1, 0.15) is 35.6 Å². The summed E-state index contributed by atoms with van der Waals surface area (Å²) < 4.78 is 39.4. The van der Waals surface area contributed by atoms with Crippen molar-refractivity contribution in [2.24, 2.45) is 5.92 Å². The minimum absolute atomic E-state index is 0.00786. The smallest absolute Gasteiger partial charge is 0.309 e. The van der Waals surface area contributed by atoms with Crippen LogP contribution in [0.5, 0.6) is 0 Å². The molecule has 0 N–H and O–H groups in total. The van der Waals surface area contributed by atoms with Gasteiger partial charge in [0.2, 0.25) is 10.0 Å². The lowest BCUT2D eigenvalue weighted by Gasteiger charge is -2.30. The zero-order chi connectivity index (χ0) is 23.8. The number of para-hydroxylation sites is 1. The molecule has 33 heavy (non-hydrogen) atoms. The molecule has 3 aromatic rings. The summed E-state index contributed by atoms with van der Waals surface area (Å²) in [5.41, 5.74) is 2.47. The molecule has 1 saturated heterocycles. The molecule has 0 saturated carbocycles. The van der Waals surface area contributed by atoms with Gasteiger partial charge >= 0.3 is 5.97 Å². The Morgan fingerprint density at radius 3 is 2.42 bits per heavy atom. The second kappa shape index (κ2) is 9.28. The third kappa shape index (κ3) is 4.55. The molecule has 1 aromatic carbocycles. The summed E-state index contributed by atoms with van der Waals surface area (Å²) in [5, 5.41) is 8.59. The zero-order valence-electron chi connectivity index (χ0n) is 18.6. The second-order valence-corrected chi connectivity index (χ2v) is 10.3. The molecule has 1 fully saturated rings. The number of carbonyl (C=O) groups is 1. The van der Waals surface area contributed by atoms with Gasteiger partial charge in [0.25, 0.3) is 0 Å². The number of hydrogen-bond donors (Lipinski definition) is 0. The number of aryl methyl sites for hydroxylation is 3. The van der Waals surface area contributed by atoms with Gasteiger partial charge in [-0.05, 0) is 45.7 Å². The Balaban J connectivity index is 1.37. The van der Waals surface area contributed by atoms with E-state index in [2.05, 4.69) is 10.3 Å². The Morgan fingerprint density at radius 1 is 1.15 bits per heavy atom. The van der Waals surface area contributed by atoms with Gasteiger partial charge in [0.15, 0.2) is 5.76 Å². The monoisotopic (exact) mass is 492 g/mol. The SMILES string of the molecule is Cc1nn(-c2ccccc2)c(Cl)c1COC(=O)C1CCN(S(=O)(=O)c2c(C)noc2C)CC1. The molecule has 176 valence electrons. The van der Waals surface area contributed by atoms with Crippen molar-refractivity contribution in [3.8, 4) is 5.69 Å². The third-order valence-electron chi connectivity index (χ3n) is 5.83. The fourth-order valence-electron chi connectivity index (χ4n) is 4.00. The maximum absolute atomic E-state index is 13.0. The van der Waals surface area contributed by atoms with Crippen LogP contribution in [0.25, 0.3) is 5.69 Å². The van der Waals surface area contributed by atoms with Gasteiger partial charge in [-0.2, -0.15) is 9.40 Å². The first-order valence-electron chi connectivity index (χ1n) is 10.6. The van der Waals surface area contributed by atoms with E-state index in [1.54, 1.807) is 18.5 Å². The van der Waals surface area contributed by atoms with E-state index in [1.165, 1.54) is 4.31 Å². The Hall–Kier alpha value is -2.69. The average molecular weight is 493 g/mol. The van der Waals surface area contributed by atoms with Crippen molar-refractivity contribution in [3.05, 3.63) is 58.2 Å². The fourth-order valence-corrected chi connectivity index (χ4v) is 6.09. The molecule has 0 radical (unpaired) electrons. The molecular formula is C22H25ClN4O5S. The molecule has 9 nitrogen and oxygen atoms in total. The maximum Gasteiger partial charge on any atom is 0.309 e. The summed E-state index contributed by atoms with van der Waals surface area (Å²) in [6, 6.07) is 9.46. The highest BCUT2D eigenvalue weighted by Crippen LogP contribution is 2.29. The second-order valence-electron chi connectivity index (χ2n) is 8.04. The Bertz CT molecular complexity index is 1240. The first-order chi connectivity index (χ1) is 15.7. The number of piperidine rings is 1. The van der Waals surface area contributed by atoms with Crippen molar-refractivity contribution < 1.29 is 22.5 Å². The van der Waals surface area contributed by atoms with Crippen LogP contribution in [0, 0.1) is 26.7 Å². The number of benzene rings is 1. The lowest BCUT2D eigenvalue weighted by molar-refractivity contribution is -0.151. The van der Waals surface area contributed by atoms with Gasteiger partial charge < -0.3 is 9.26 Å². The van der Waals surface area contributed by atoms with Crippen LogP contribution in [0.2, 0.25) is 5.15 Å². The van der Waals surface area contributed by atoms with Crippen LogP contribution >= 0.6 is 11.6 Å². The molecular weight excluding hydrogens is 468 g/mol. The van der Waals surface area contributed by atoms with Gasteiger partial charge in [0.1, 0.15) is 22.3 Å². The molecule has 3 heterocycles. The molecule has 0 unspecified atom stereocenters. The molecule has 0 bridgehead atoms. The van der Waals surface area contributed by atoms with Gasteiger partial charge in [-0.25, -0.2) is 13.1 Å². The van der Waals surface area contributed by atoms with Gasteiger partial charge in [0.05, 0.1) is 17.3 Å². The molecule has 2 aromatic heterocycles. The highest BCUT2D eigenvalue weighted by molar-refractivity contribution is 7.89. The standard InChI is InChI=1S/C22H25ClN4O5S/c1-14-19(21(23)27(24-14)18-7-5-4-6-8-18)13-31-22(28)17-9-11-26(12-10-17)33(29,30)20-15(2)25-32-16(20)3/h4-8,17H,9-13H2,1-3H3. The zero-order valence-corrected chi connectivity index (χ0v) is 20.2. The molecule has 0 spiro atoms. The number of hydrogen-bond acceptors (Lipinski definition) is 7. The first kappa shape index (κ1) is 23.5. The Morgan fingerprint density at radius 2 is 1.82 bits per heavy atom. The van der Waals surface area contributed by atoms with Crippen molar-refractivity contribution in [3.63, 3.8) is 0 Å². The van der Waals surface area contributed by atoms with Gasteiger partial charge in [0, 0.05) is 18.7 Å². The van der Waals surface area contributed by atoms with Crippen LogP contribution in [0.15, 0.2) is 39.8 Å². The first-order valence-corrected chi connectivity index (χ1v) is 12.4. The largest absolute Gasteiger partial charge is 0.460 e. The molecule has 1 aliphatic rings. The quantitative estimate of drug-likeness (QED) is 0.484. The minimum Gasteiger partial charge on any atom is -0.460 e. The molecule has 1 aliphatic heterocycles. The maximum atomic E-state index is 13.0. The minimum atomic E-state index is -3.72. The number of carbonyl (C=O) groups excluding carboxylic acids is 1. The van der Waals surface area contributed by atoms with Gasteiger partial charge in [-0.3, -0.25) is 4.79 Å². The molecule has 4 rings (SSSR count). The Labute approximate surface area is 197 Å². The molecule has 0 aliphatic carbocycles. The number of sulfonamides is 1. The number of nitrogens with zero attached hydrogens (tertiary/aromatic N) is 4. The van der Waals surface area contributed by atoms with Gasteiger partial charge in [-0.15, -0.1) is 0 Å². The van der Waals surface area contributed by atoms with E-state index in [1.807, 2.05) is 37.3 Å². The van der Waals surface area contributed by atoms with Crippen molar-refractivity contribution in [2.45, 2.75) is 45.1 Å². The highest BCUT2D eigenvalue weighted by atomic mass is 35.5. The molecule has 0 atom stereocenters. The topological polar surface area (TPSA) is 108 Å². The van der Waals surface area contributed by atoms with Crippen LogP contribution in [0.4, 0.5) is 0 Å². The number of halogens is 1. The number of ether oxygens (including phenoxy) is 1. The average Bonchev–Trinajstić information content (AvgIpc) is 3.30. The summed E-state index contributed by atoms with van der Waals surface area (Å²) in [6.45, 7) is 5.43. The summed E-state index contributed by atoms with van der Waals surface area (Å²) in [5.74, 6) is -0.492. The number of aromatic nitrogens is 3. The molecule has 0 amide bonds. The van der Waals surface area contributed by atoms with Crippen molar-refractivity contribution in [2.75, 3.05) is 13.1 Å². The summed E-state index contributed by atoms with van der Waals surface area (Å²) >= 11 is 6.50. The van der Waals surface area contributed by atoms with E-state index in [0.29, 0.717) is 34.9 Å². The number of rotatable bonds is 6. The van der Waals surface area contributed by atoms with Crippen molar-refractivity contribution in [1.29, 1.82) is 0 Å². The van der Waals surface area contributed by atoms with Crippen LogP contribution < -0.4 is 0 Å². The number of esters is 1. The fraction of sp³-hybridized carbons (Fsp3) is 0.409. The summed E-state index contributed by atoms with van der Waals surface area (Å²) in [4.78, 5) is 12.8. The van der Waals surface area contributed by atoms with E-state index in [-0.39, 0.29) is 42.2 Å². The van der Waals surface area contributed by atoms with E-state index < -0.39 is 10.0 Å². The van der Waals surface area contributed by atoms with Gasteiger partial charge in [-0.1, -0.05) is 35.0 Å². The van der Waals surface area contributed by atoms with E-state index in [4.69, 9.17) is 20.9 Å². The Kier molecular flexibility index (Phi) is 6.60. The van der Waals surface area contributed by atoms with Crippen LogP contribution in [-0.4, -0.2) is 46.7 Å². The lowest BCUT2D eigenvalue weighted by atomic mass is 9.98. The summed E-state index contributed by atoms with van der Waals surface area (Å²) in [6.07, 6.45) is 0.745. The summed E-state index contributed by atoms with van der Waals surface area (Å²) in [7, 11) is -3.72.